The first-order valence-electron chi connectivity index (χ1n) is 7.16. The Labute approximate surface area is 134 Å². The molecule has 0 saturated heterocycles. The van der Waals surface area contributed by atoms with Gasteiger partial charge in [0.1, 0.15) is 5.82 Å². The number of aryl methyl sites for hydroxylation is 2. The lowest BCUT2D eigenvalue weighted by atomic mass is 9.96. The molecular formula is C18H21BrFN. The Hall–Kier alpha value is -1.19. The molecule has 0 radical (unpaired) electrons. The van der Waals surface area contributed by atoms with Crippen LogP contribution < -0.4 is 5.32 Å². The predicted molar refractivity (Wildman–Crippen MR) is 90.3 cm³/mol. The van der Waals surface area contributed by atoms with Crippen LogP contribution in [0.4, 0.5) is 4.39 Å². The van der Waals surface area contributed by atoms with Crippen LogP contribution >= 0.6 is 15.9 Å². The van der Waals surface area contributed by atoms with E-state index in [0.717, 1.165) is 16.5 Å². The number of rotatable bonds is 5. The molecular weight excluding hydrogens is 329 g/mol. The Kier molecular flexibility index (Phi) is 5.54. The highest BCUT2D eigenvalue weighted by molar-refractivity contribution is 9.10. The van der Waals surface area contributed by atoms with Gasteiger partial charge < -0.3 is 5.32 Å². The van der Waals surface area contributed by atoms with Gasteiger partial charge in [-0.15, -0.1) is 0 Å². The van der Waals surface area contributed by atoms with E-state index in [1.807, 2.05) is 13.1 Å². The quantitative estimate of drug-likeness (QED) is 0.832. The minimum atomic E-state index is -0.140. The minimum absolute atomic E-state index is 0.140. The van der Waals surface area contributed by atoms with Gasteiger partial charge in [0, 0.05) is 10.5 Å². The summed E-state index contributed by atoms with van der Waals surface area (Å²) >= 11 is 3.41. The Morgan fingerprint density at radius 2 is 1.71 bits per heavy atom. The second-order valence-corrected chi connectivity index (χ2v) is 6.54. The van der Waals surface area contributed by atoms with Gasteiger partial charge in [0.2, 0.25) is 0 Å². The molecule has 0 aliphatic carbocycles. The highest BCUT2D eigenvalue weighted by Crippen LogP contribution is 2.19. The lowest BCUT2D eigenvalue weighted by Crippen LogP contribution is -2.30. The van der Waals surface area contributed by atoms with E-state index in [1.165, 1.54) is 22.8 Å². The van der Waals surface area contributed by atoms with E-state index in [9.17, 15) is 4.39 Å². The fraction of sp³-hybridized carbons (Fsp3) is 0.333. The van der Waals surface area contributed by atoms with Gasteiger partial charge in [-0.25, -0.2) is 4.39 Å². The van der Waals surface area contributed by atoms with E-state index in [-0.39, 0.29) is 11.9 Å². The smallest absolute Gasteiger partial charge is 0.126 e. The molecule has 21 heavy (non-hydrogen) atoms. The van der Waals surface area contributed by atoms with Gasteiger partial charge in [0.15, 0.2) is 0 Å². The van der Waals surface area contributed by atoms with Crippen molar-refractivity contribution >= 4 is 15.9 Å². The molecule has 0 aliphatic heterocycles. The SMILES string of the molecule is CNC(Cc1cc(C)cc(C)c1)Cc1cc(Br)ccc1F. The third-order valence-electron chi connectivity index (χ3n) is 3.65. The average molecular weight is 350 g/mol. The van der Waals surface area contributed by atoms with E-state index in [1.54, 1.807) is 6.07 Å². The maximum absolute atomic E-state index is 13.9. The Morgan fingerprint density at radius 1 is 1.05 bits per heavy atom. The van der Waals surface area contributed by atoms with Crippen molar-refractivity contribution in [3.8, 4) is 0 Å². The number of hydrogen-bond acceptors (Lipinski definition) is 1. The molecule has 3 heteroatoms. The van der Waals surface area contributed by atoms with Gasteiger partial charge in [0.25, 0.3) is 0 Å². The summed E-state index contributed by atoms with van der Waals surface area (Å²) in [5.41, 5.74) is 4.58. The molecule has 1 nitrogen and oxygen atoms in total. The van der Waals surface area contributed by atoms with Crippen LogP contribution in [-0.2, 0) is 12.8 Å². The molecule has 0 fully saturated rings. The van der Waals surface area contributed by atoms with Crippen molar-refractivity contribution in [2.24, 2.45) is 0 Å². The lowest BCUT2D eigenvalue weighted by molar-refractivity contribution is 0.532. The lowest BCUT2D eigenvalue weighted by Gasteiger charge is -2.18. The Bertz CT molecular complexity index is 604. The number of halogens is 2. The molecule has 0 bridgehead atoms. The summed E-state index contributed by atoms with van der Waals surface area (Å²) < 4.78 is 14.8. The summed E-state index contributed by atoms with van der Waals surface area (Å²) in [5, 5.41) is 3.30. The van der Waals surface area contributed by atoms with Crippen LogP contribution in [0.1, 0.15) is 22.3 Å². The highest BCUT2D eigenvalue weighted by atomic mass is 79.9. The van der Waals surface area contributed by atoms with Gasteiger partial charge in [0.05, 0.1) is 0 Å². The Morgan fingerprint density at radius 3 is 2.33 bits per heavy atom. The van der Waals surface area contributed by atoms with Gasteiger partial charge >= 0.3 is 0 Å². The van der Waals surface area contributed by atoms with Crippen molar-refractivity contribution in [1.82, 2.24) is 5.32 Å². The summed E-state index contributed by atoms with van der Waals surface area (Å²) in [5.74, 6) is -0.140. The van der Waals surface area contributed by atoms with Gasteiger partial charge in [-0.05, 0) is 63.1 Å². The predicted octanol–water partition coefficient (Wildman–Crippen LogP) is 4.58. The van der Waals surface area contributed by atoms with Crippen LogP contribution in [0.25, 0.3) is 0 Å². The zero-order chi connectivity index (χ0) is 15.4. The van der Waals surface area contributed by atoms with Crippen LogP contribution in [0.5, 0.6) is 0 Å². The fourth-order valence-electron chi connectivity index (χ4n) is 2.71. The second kappa shape index (κ2) is 7.19. The maximum atomic E-state index is 13.9. The first kappa shape index (κ1) is 16.2. The molecule has 0 spiro atoms. The van der Waals surface area contributed by atoms with Gasteiger partial charge in [-0.2, -0.15) is 0 Å². The van der Waals surface area contributed by atoms with Crippen molar-refractivity contribution in [2.45, 2.75) is 32.7 Å². The molecule has 2 aromatic carbocycles. The third-order valence-corrected chi connectivity index (χ3v) is 4.14. The van der Waals surface area contributed by atoms with E-state index in [4.69, 9.17) is 0 Å². The normalized spacial score (nSPS) is 12.4. The summed E-state index contributed by atoms with van der Waals surface area (Å²) in [6.45, 7) is 4.22. The molecule has 0 amide bonds. The molecule has 2 rings (SSSR count). The summed E-state index contributed by atoms with van der Waals surface area (Å²) in [6, 6.07) is 11.9. The molecule has 0 aromatic heterocycles. The average Bonchev–Trinajstić information content (AvgIpc) is 2.41. The molecule has 0 heterocycles. The molecule has 1 atom stereocenters. The molecule has 0 aliphatic rings. The van der Waals surface area contributed by atoms with E-state index in [0.29, 0.717) is 6.42 Å². The number of likely N-dealkylation sites (N-methyl/N-ethyl adjacent to an activating group) is 1. The van der Waals surface area contributed by atoms with Crippen molar-refractivity contribution in [2.75, 3.05) is 7.05 Å². The van der Waals surface area contributed by atoms with E-state index < -0.39 is 0 Å². The van der Waals surface area contributed by atoms with Crippen LogP contribution in [0.3, 0.4) is 0 Å². The van der Waals surface area contributed by atoms with E-state index >= 15 is 0 Å². The monoisotopic (exact) mass is 349 g/mol. The van der Waals surface area contributed by atoms with Crippen LogP contribution in [0, 0.1) is 19.7 Å². The first-order valence-corrected chi connectivity index (χ1v) is 7.95. The minimum Gasteiger partial charge on any atom is -0.316 e. The molecule has 0 saturated carbocycles. The number of benzene rings is 2. The van der Waals surface area contributed by atoms with Crippen LogP contribution in [0.15, 0.2) is 40.9 Å². The van der Waals surface area contributed by atoms with Crippen LogP contribution in [-0.4, -0.2) is 13.1 Å². The van der Waals surface area contributed by atoms with Crippen molar-refractivity contribution < 1.29 is 4.39 Å². The second-order valence-electron chi connectivity index (χ2n) is 5.63. The maximum Gasteiger partial charge on any atom is 0.126 e. The number of hydrogen-bond donors (Lipinski definition) is 1. The zero-order valence-electron chi connectivity index (χ0n) is 12.7. The molecule has 1 unspecified atom stereocenters. The molecule has 1 N–H and O–H groups in total. The zero-order valence-corrected chi connectivity index (χ0v) is 14.3. The standard InChI is InChI=1S/C18H21BrFN/c1-12-6-13(2)8-14(7-12)9-17(21-3)11-15-10-16(19)4-5-18(15)20/h4-8,10,17,21H,9,11H2,1-3H3. The van der Waals surface area contributed by atoms with Crippen molar-refractivity contribution in [3.05, 3.63) is 68.9 Å². The van der Waals surface area contributed by atoms with Gasteiger partial charge in [-0.3, -0.25) is 0 Å². The summed E-state index contributed by atoms with van der Waals surface area (Å²) in [7, 11) is 1.93. The first-order chi connectivity index (χ1) is 9.97. The fourth-order valence-corrected chi connectivity index (χ4v) is 3.12. The molecule has 2 aromatic rings. The van der Waals surface area contributed by atoms with Crippen molar-refractivity contribution in [1.29, 1.82) is 0 Å². The molecule has 112 valence electrons. The third kappa shape index (κ3) is 4.65. The largest absolute Gasteiger partial charge is 0.316 e. The van der Waals surface area contributed by atoms with Crippen LogP contribution in [0.2, 0.25) is 0 Å². The van der Waals surface area contributed by atoms with Crippen molar-refractivity contribution in [3.63, 3.8) is 0 Å². The van der Waals surface area contributed by atoms with Gasteiger partial charge in [-0.1, -0.05) is 45.3 Å². The topological polar surface area (TPSA) is 12.0 Å². The highest BCUT2D eigenvalue weighted by Gasteiger charge is 2.12. The number of nitrogens with one attached hydrogen (secondary N) is 1. The summed E-state index contributed by atoms with van der Waals surface area (Å²) in [6.07, 6.45) is 1.57. The Balaban J connectivity index is 2.14. The summed E-state index contributed by atoms with van der Waals surface area (Å²) in [4.78, 5) is 0. The van der Waals surface area contributed by atoms with E-state index in [2.05, 4.69) is 53.3 Å².